The molecule has 0 amide bonds. The van der Waals surface area contributed by atoms with Crippen LogP contribution in [-0.4, -0.2) is 25.8 Å². The zero-order valence-corrected chi connectivity index (χ0v) is 18.6. The summed E-state index contributed by atoms with van der Waals surface area (Å²) in [6, 6.07) is 25.9. The van der Waals surface area contributed by atoms with Crippen LogP contribution in [0.25, 0.3) is 28.3 Å². The predicted octanol–water partition coefficient (Wildman–Crippen LogP) is 4.77. The molecule has 0 aliphatic rings. The molecule has 6 nitrogen and oxygen atoms in total. The Hall–Kier alpha value is -3.42. The Labute approximate surface area is 187 Å². The molecular formula is C25H25N2O4S+. The van der Waals surface area contributed by atoms with Gasteiger partial charge in [0.15, 0.2) is 6.54 Å². The molecule has 4 rings (SSSR count). The SMILES string of the molecule is CN(/C=C/c1oc2ccc(-c3ccccc3)cc2[n+]1CCCS(=O)(=O)O)c1ccccc1. The van der Waals surface area contributed by atoms with Gasteiger partial charge in [-0.3, -0.25) is 4.55 Å². The fraction of sp³-hybridized carbons (Fsp3) is 0.160. The Balaban J connectivity index is 1.71. The van der Waals surface area contributed by atoms with Gasteiger partial charge < -0.3 is 9.32 Å². The van der Waals surface area contributed by atoms with Gasteiger partial charge in [0.25, 0.3) is 15.6 Å². The molecule has 0 spiro atoms. The van der Waals surface area contributed by atoms with E-state index >= 15 is 0 Å². The van der Waals surface area contributed by atoms with Crippen LogP contribution in [0, 0.1) is 0 Å². The fourth-order valence-corrected chi connectivity index (χ4v) is 4.09. The Morgan fingerprint density at radius 2 is 1.66 bits per heavy atom. The van der Waals surface area contributed by atoms with Crippen LogP contribution in [0.3, 0.4) is 0 Å². The highest BCUT2D eigenvalue weighted by Crippen LogP contribution is 2.24. The molecule has 1 heterocycles. The topological polar surface area (TPSA) is 74.6 Å². The maximum atomic E-state index is 11.2. The van der Waals surface area contributed by atoms with Gasteiger partial charge in [0, 0.05) is 31.4 Å². The Bertz CT molecular complexity index is 1330. The standard InChI is InChI=1S/C25H24N2O4S/c1-26(22-11-6-3-7-12-22)17-15-25-27(16-8-18-32(28,29)30)23-19-21(13-14-24(23)31-25)20-9-4-2-5-10-20/h2-7,9-15,17,19H,8,16,18H2,1H3/p+1. The lowest BCUT2D eigenvalue weighted by Gasteiger charge is -2.12. The van der Waals surface area contributed by atoms with E-state index in [1.165, 1.54) is 0 Å². The minimum absolute atomic E-state index is 0.267. The number of rotatable bonds is 8. The monoisotopic (exact) mass is 449 g/mol. The maximum absolute atomic E-state index is 11.2. The van der Waals surface area contributed by atoms with Crippen LogP contribution >= 0.6 is 0 Å². The Morgan fingerprint density at radius 1 is 0.969 bits per heavy atom. The minimum atomic E-state index is -4.03. The van der Waals surface area contributed by atoms with Gasteiger partial charge in [-0.25, -0.2) is 0 Å². The van der Waals surface area contributed by atoms with Crippen molar-refractivity contribution in [3.05, 3.63) is 91.0 Å². The summed E-state index contributed by atoms with van der Waals surface area (Å²) >= 11 is 0. The van der Waals surface area contributed by atoms with Crippen molar-refractivity contribution in [3.8, 4) is 11.1 Å². The summed E-state index contributed by atoms with van der Waals surface area (Å²) in [5.41, 5.74) is 4.73. The van der Waals surface area contributed by atoms with E-state index in [2.05, 4.69) is 0 Å². The zero-order chi connectivity index (χ0) is 22.6. The van der Waals surface area contributed by atoms with Crippen molar-refractivity contribution < 1.29 is 22.0 Å². The molecule has 0 saturated carbocycles. The van der Waals surface area contributed by atoms with Crippen molar-refractivity contribution >= 4 is 33.0 Å². The number of para-hydroxylation sites is 1. The second-order valence-electron chi connectivity index (χ2n) is 7.54. The molecule has 0 fully saturated rings. The van der Waals surface area contributed by atoms with Gasteiger partial charge in [-0.2, -0.15) is 13.0 Å². The summed E-state index contributed by atoms with van der Waals surface area (Å²) in [6.45, 7) is 0.389. The van der Waals surface area contributed by atoms with Gasteiger partial charge in [0.1, 0.15) is 0 Å². The number of aromatic nitrogens is 1. The van der Waals surface area contributed by atoms with Gasteiger partial charge in [-0.05, 0) is 29.3 Å². The molecule has 0 aliphatic carbocycles. The van der Waals surface area contributed by atoms with E-state index in [1.54, 1.807) is 0 Å². The summed E-state index contributed by atoms with van der Waals surface area (Å²) in [5.74, 6) is 0.293. The number of hydrogen-bond donors (Lipinski definition) is 1. The highest BCUT2D eigenvalue weighted by molar-refractivity contribution is 7.85. The van der Waals surface area contributed by atoms with E-state index in [0.717, 1.165) is 22.3 Å². The minimum Gasteiger partial charge on any atom is -0.398 e. The van der Waals surface area contributed by atoms with Crippen LogP contribution in [0.5, 0.6) is 0 Å². The van der Waals surface area contributed by atoms with Crippen molar-refractivity contribution in [2.45, 2.75) is 13.0 Å². The first-order valence-electron chi connectivity index (χ1n) is 10.3. The number of benzene rings is 3. The van der Waals surface area contributed by atoms with Crippen molar-refractivity contribution in [2.24, 2.45) is 0 Å². The lowest BCUT2D eigenvalue weighted by molar-refractivity contribution is -0.677. The number of nitrogens with zero attached hydrogens (tertiary/aromatic N) is 2. The first-order valence-corrected chi connectivity index (χ1v) is 11.9. The lowest BCUT2D eigenvalue weighted by atomic mass is 10.1. The fourth-order valence-electron chi connectivity index (χ4n) is 3.60. The Morgan fingerprint density at radius 3 is 2.34 bits per heavy atom. The maximum Gasteiger partial charge on any atom is 0.375 e. The molecule has 0 aliphatic heterocycles. The molecule has 1 aromatic heterocycles. The third-order valence-corrected chi connectivity index (χ3v) is 6.03. The molecule has 4 aromatic rings. The average molecular weight is 450 g/mol. The van der Waals surface area contributed by atoms with Crippen molar-refractivity contribution in [1.82, 2.24) is 0 Å². The van der Waals surface area contributed by atoms with Crippen molar-refractivity contribution in [2.75, 3.05) is 17.7 Å². The second-order valence-corrected chi connectivity index (χ2v) is 9.11. The van der Waals surface area contributed by atoms with Gasteiger partial charge in [0.2, 0.25) is 5.58 Å². The molecule has 32 heavy (non-hydrogen) atoms. The lowest BCUT2D eigenvalue weighted by Crippen LogP contribution is -2.36. The number of oxazole rings is 1. The summed E-state index contributed by atoms with van der Waals surface area (Å²) in [4.78, 5) is 1.98. The normalized spacial score (nSPS) is 11.9. The van der Waals surface area contributed by atoms with E-state index in [9.17, 15) is 8.42 Å². The summed E-state index contributed by atoms with van der Waals surface area (Å²) < 4.78 is 39.6. The second kappa shape index (κ2) is 9.38. The number of hydrogen-bond acceptors (Lipinski definition) is 4. The average Bonchev–Trinajstić information content (AvgIpc) is 3.14. The van der Waals surface area contributed by atoms with Crippen LogP contribution in [-0.2, 0) is 16.7 Å². The van der Waals surface area contributed by atoms with Gasteiger partial charge in [-0.1, -0.05) is 54.6 Å². The van der Waals surface area contributed by atoms with Crippen LogP contribution in [0.4, 0.5) is 5.69 Å². The molecular weight excluding hydrogens is 424 g/mol. The van der Waals surface area contributed by atoms with E-state index in [-0.39, 0.29) is 12.2 Å². The van der Waals surface area contributed by atoms with E-state index < -0.39 is 10.1 Å². The zero-order valence-electron chi connectivity index (χ0n) is 17.8. The number of anilines is 1. The highest BCUT2D eigenvalue weighted by atomic mass is 32.2. The molecule has 0 radical (unpaired) electrons. The Kier molecular flexibility index (Phi) is 6.39. The molecule has 164 valence electrons. The summed E-state index contributed by atoms with van der Waals surface area (Å²) in [6.07, 6.45) is 4.04. The molecule has 0 unspecified atom stereocenters. The largest absolute Gasteiger partial charge is 0.398 e. The molecule has 1 N–H and O–H groups in total. The predicted molar refractivity (Wildman–Crippen MR) is 127 cm³/mol. The van der Waals surface area contributed by atoms with Crippen molar-refractivity contribution in [1.29, 1.82) is 0 Å². The van der Waals surface area contributed by atoms with Gasteiger partial charge in [0.05, 0.1) is 11.8 Å². The van der Waals surface area contributed by atoms with Gasteiger partial charge >= 0.3 is 5.89 Å². The third kappa shape index (κ3) is 5.25. The van der Waals surface area contributed by atoms with Crippen molar-refractivity contribution in [3.63, 3.8) is 0 Å². The van der Waals surface area contributed by atoms with Gasteiger partial charge in [-0.15, -0.1) is 0 Å². The summed E-state index contributed by atoms with van der Waals surface area (Å²) in [5, 5.41) is 0. The van der Waals surface area contributed by atoms with E-state index in [0.29, 0.717) is 18.0 Å². The van der Waals surface area contributed by atoms with Crippen LogP contribution in [0.15, 0.2) is 89.5 Å². The quantitative estimate of drug-likeness (QED) is 0.310. The van der Waals surface area contributed by atoms with E-state index in [1.807, 2.05) is 108 Å². The van der Waals surface area contributed by atoms with Crippen LogP contribution < -0.4 is 9.47 Å². The van der Waals surface area contributed by atoms with Crippen LogP contribution in [0.2, 0.25) is 0 Å². The molecule has 7 heteroatoms. The summed E-state index contributed by atoms with van der Waals surface area (Å²) in [7, 11) is -2.08. The highest BCUT2D eigenvalue weighted by Gasteiger charge is 2.22. The van der Waals surface area contributed by atoms with E-state index in [4.69, 9.17) is 8.97 Å². The third-order valence-electron chi connectivity index (χ3n) is 5.23. The first-order chi connectivity index (χ1) is 15.4. The number of fused-ring (bicyclic) bond motifs is 1. The smallest absolute Gasteiger partial charge is 0.375 e. The molecule has 3 aromatic carbocycles. The number of aryl methyl sites for hydroxylation is 1. The molecule has 0 atom stereocenters. The first kappa shape index (κ1) is 21.8. The molecule has 0 saturated heterocycles. The van der Waals surface area contributed by atoms with Crippen LogP contribution in [0.1, 0.15) is 12.3 Å². The molecule has 0 bridgehead atoms.